The third-order valence-electron chi connectivity index (χ3n) is 3.61. The summed E-state index contributed by atoms with van der Waals surface area (Å²) >= 11 is 5.77. The Morgan fingerprint density at radius 2 is 1.57 bits per heavy atom. The summed E-state index contributed by atoms with van der Waals surface area (Å²) in [5, 5.41) is 3.06. The third kappa shape index (κ3) is 3.64. The first kappa shape index (κ1) is 15.6. The van der Waals surface area contributed by atoms with Crippen LogP contribution in [0, 0.1) is 0 Å². The van der Waals surface area contributed by atoms with Crippen LogP contribution in [0.4, 0.5) is 5.69 Å². The molecule has 0 spiro atoms. The molecule has 2 nitrogen and oxygen atoms in total. The minimum absolute atomic E-state index is 0.0771. The molecular weight excluding hydrogens is 282 g/mol. The van der Waals surface area contributed by atoms with Crippen LogP contribution in [0.25, 0.3) is 0 Å². The Bertz CT molecular complexity index is 597. The van der Waals surface area contributed by atoms with Crippen molar-refractivity contribution in [2.45, 2.75) is 32.6 Å². The fraction of sp³-hybridized carbons (Fsp3) is 0.278. The van der Waals surface area contributed by atoms with Crippen LogP contribution < -0.4 is 5.32 Å². The number of anilines is 1. The SMILES string of the molecule is CCc1cccc(CC)c1NC(=O)c1ccc(CCl)cc1. The van der Waals surface area contributed by atoms with Gasteiger partial charge in [-0.2, -0.15) is 0 Å². The molecule has 0 saturated carbocycles. The highest BCUT2D eigenvalue weighted by atomic mass is 35.5. The minimum Gasteiger partial charge on any atom is -0.321 e. The average molecular weight is 302 g/mol. The van der Waals surface area contributed by atoms with Crippen LogP contribution in [-0.2, 0) is 18.7 Å². The lowest BCUT2D eigenvalue weighted by Crippen LogP contribution is -2.14. The van der Waals surface area contributed by atoms with E-state index in [2.05, 4.69) is 31.3 Å². The molecule has 0 bridgehead atoms. The van der Waals surface area contributed by atoms with Gasteiger partial charge in [0.2, 0.25) is 0 Å². The fourth-order valence-corrected chi connectivity index (χ4v) is 2.51. The maximum absolute atomic E-state index is 12.4. The zero-order valence-corrected chi connectivity index (χ0v) is 13.2. The van der Waals surface area contributed by atoms with Crippen molar-refractivity contribution in [1.82, 2.24) is 0 Å². The molecule has 0 aliphatic heterocycles. The molecule has 0 unspecified atom stereocenters. The average Bonchev–Trinajstić information content (AvgIpc) is 2.55. The van der Waals surface area contributed by atoms with Gasteiger partial charge >= 0.3 is 0 Å². The van der Waals surface area contributed by atoms with Gasteiger partial charge in [-0.15, -0.1) is 11.6 Å². The second kappa shape index (κ2) is 7.28. The van der Waals surface area contributed by atoms with E-state index in [0.29, 0.717) is 11.4 Å². The first-order valence-electron chi connectivity index (χ1n) is 7.26. The summed E-state index contributed by atoms with van der Waals surface area (Å²) < 4.78 is 0. The molecule has 0 heterocycles. The second-order valence-electron chi connectivity index (χ2n) is 4.94. The van der Waals surface area contributed by atoms with E-state index >= 15 is 0 Å². The molecule has 1 amide bonds. The number of rotatable bonds is 5. The first-order chi connectivity index (χ1) is 10.2. The van der Waals surface area contributed by atoms with E-state index in [4.69, 9.17) is 11.6 Å². The van der Waals surface area contributed by atoms with E-state index < -0.39 is 0 Å². The van der Waals surface area contributed by atoms with E-state index in [1.54, 1.807) is 0 Å². The summed E-state index contributed by atoms with van der Waals surface area (Å²) in [5.41, 5.74) is 4.95. The quantitative estimate of drug-likeness (QED) is 0.789. The number of halogens is 1. The smallest absolute Gasteiger partial charge is 0.255 e. The van der Waals surface area contributed by atoms with Gasteiger partial charge in [-0.05, 0) is 41.7 Å². The number of carbonyl (C=O) groups is 1. The number of alkyl halides is 1. The van der Waals surface area contributed by atoms with Crippen LogP contribution in [0.3, 0.4) is 0 Å². The van der Waals surface area contributed by atoms with Gasteiger partial charge in [0.15, 0.2) is 0 Å². The molecule has 110 valence electrons. The Morgan fingerprint density at radius 3 is 2.05 bits per heavy atom. The maximum atomic E-state index is 12.4. The number of para-hydroxylation sites is 1. The Labute approximate surface area is 131 Å². The van der Waals surface area contributed by atoms with Crippen molar-refractivity contribution >= 4 is 23.2 Å². The first-order valence-corrected chi connectivity index (χ1v) is 7.80. The number of amides is 1. The third-order valence-corrected chi connectivity index (χ3v) is 3.92. The van der Waals surface area contributed by atoms with Gasteiger partial charge in [0.1, 0.15) is 0 Å². The topological polar surface area (TPSA) is 29.1 Å². The van der Waals surface area contributed by atoms with Crippen molar-refractivity contribution in [2.75, 3.05) is 5.32 Å². The number of carbonyl (C=O) groups excluding carboxylic acids is 1. The van der Waals surface area contributed by atoms with Crippen LogP contribution in [0.2, 0.25) is 0 Å². The molecule has 0 fully saturated rings. The van der Waals surface area contributed by atoms with Crippen LogP contribution in [0.5, 0.6) is 0 Å². The Hall–Kier alpha value is -1.80. The van der Waals surface area contributed by atoms with Crippen LogP contribution in [-0.4, -0.2) is 5.91 Å². The number of hydrogen-bond donors (Lipinski definition) is 1. The van der Waals surface area contributed by atoms with Gasteiger partial charge in [-0.1, -0.05) is 44.2 Å². The predicted octanol–water partition coefficient (Wildman–Crippen LogP) is 4.80. The largest absolute Gasteiger partial charge is 0.321 e. The zero-order chi connectivity index (χ0) is 15.2. The fourth-order valence-electron chi connectivity index (χ4n) is 2.33. The summed E-state index contributed by atoms with van der Waals surface area (Å²) in [6.07, 6.45) is 1.79. The lowest BCUT2D eigenvalue weighted by molar-refractivity contribution is 0.102. The Kier molecular flexibility index (Phi) is 5.40. The normalized spacial score (nSPS) is 10.4. The van der Waals surface area contributed by atoms with Gasteiger partial charge in [-0.25, -0.2) is 0 Å². The van der Waals surface area contributed by atoms with Crippen molar-refractivity contribution in [1.29, 1.82) is 0 Å². The standard InChI is InChI=1S/C18H20ClNO/c1-3-14-6-5-7-15(4-2)17(14)20-18(21)16-10-8-13(12-19)9-11-16/h5-11H,3-4,12H2,1-2H3,(H,20,21). The lowest BCUT2D eigenvalue weighted by atomic mass is 10.0. The minimum atomic E-state index is -0.0771. The molecule has 0 radical (unpaired) electrons. The molecule has 2 rings (SSSR count). The van der Waals surface area contributed by atoms with E-state index in [1.807, 2.05) is 30.3 Å². The van der Waals surface area contributed by atoms with Crippen molar-refractivity contribution in [2.24, 2.45) is 0 Å². The van der Waals surface area contributed by atoms with Gasteiger partial charge in [0.25, 0.3) is 5.91 Å². The van der Waals surface area contributed by atoms with E-state index in [1.165, 1.54) is 11.1 Å². The molecule has 0 aliphatic carbocycles. The number of benzene rings is 2. The van der Waals surface area contributed by atoms with Gasteiger partial charge in [-0.3, -0.25) is 4.79 Å². The van der Waals surface area contributed by atoms with Crippen molar-refractivity contribution in [3.8, 4) is 0 Å². The Balaban J connectivity index is 2.26. The van der Waals surface area contributed by atoms with Crippen molar-refractivity contribution in [3.63, 3.8) is 0 Å². The van der Waals surface area contributed by atoms with Crippen LogP contribution >= 0.6 is 11.6 Å². The highest BCUT2D eigenvalue weighted by molar-refractivity contribution is 6.17. The molecule has 21 heavy (non-hydrogen) atoms. The monoisotopic (exact) mass is 301 g/mol. The molecule has 0 saturated heterocycles. The van der Waals surface area contributed by atoms with Crippen LogP contribution in [0.15, 0.2) is 42.5 Å². The summed E-state index contributed by atoms with van der Waals surface area (Å²) in [4.78, 5) is 12.4. The van der Waals surface area contributed by atoms with Crippen molar-refractivity contribution in [3.05, 3.63) is 64.7 Å². The number of hydrogen-bond acceptors (Lipinski definition) is 1. The molecular formula is C18H20ClNO. The molecule has 1 N–H and O–H groups in total. The summed E-state index contributed by atoms with van der Waals surface area (Å²) in [6, 6.07) is 13.6. The van der Waals surface area contributed by atoms with Crippen molar-refractivity contribution < 1.29 is 4.79 Å². The highest BCUT2D eigenvalue weighted by Gasteiger charge is 2.11. The van der Waals surface area contributed by atoms with E-state index in [-0.39, 0.29) is 5.91 Å². The van der Waals surface area contributed by atoms with Gasteiger partial charge in [0, 0.05) is 17.1 Å². The second-order valence-corrected chi connectivity index (χ2v) is 5.21. The van der Waals surface area contributed by atoms with E-state index in [0.717, 1.165) is 24.1 Å². The summed E-state index contributed by atoms with van der Waals surface area (Å²) in [7, 11) is 0. The highest BCUT2D eigenvalue weighted by Crippen LogP contribution is 2.23. The van der Waals surface area contributed by atoms with E-state index in [9.17, 15) is 4.79 Å². The molecule has 0 atom stereocenters. The predicted molar refractivity (Wildman–Crippen MR) is 89.2 cm³/mol. The number of aryl methyl sites for hydroxylation is 2. The Morgan fingerprint density at radius 1 is 1.00 bits per heavy atom. The molecule has 2 aromatic carbocycles. The molecule has 0 aliphatic rings. The summed E-state index contributed by atoms with van der Waals surface area (Å²) in [5.74, 6) is 0.382. The van der Waals surface area contributed by atoms with Gasteiger partial charge in [0.05, 0.1) is 0 Å². The van der Waals surface area contributed by atoms with Crippen LogP contribution in [0.1, 0.15) is 40.9 Å². The summed E-state index contributed by atoms with van der Waals surface area (Å²) in [6.45, 7) is 4.19. The lowest BCUT2D eigenvalue weighted by Gasteiger charge is -2.14. The molecule has 3 heteroatoms. The zero-order valence-electron chi connectivity index (χ0n) is 12.4. The number of nitrogens with one attached hydrogen (secondary N) is 1. The molecule has 0 aromatic heterocycles. The molecule has 2 aromatic rings. The maximum Gasteiger partial charge on any atom is 0.255 e. The van der Waals surface area contributed by atoms with Gasteiger partial charge < -0.3 is 5.32 Å².